The SMILES string of the molecule is COc1ccc(C(C)C)c2sc(N)nc12. The molecule has 0 spiro atoms. The van der Waals surface area contributed by atoms with Crippen LogP contribution in [0.3, 0.4) is 0 Å². The van der Waals surface area contributed by atoms with E-state index in [-0.39, 0.29) is 0 Å². The molecular weight excluding hydrogens is 208 g/mol. The number of benzene rings is 1. The van der Waals surface area contributed by atoms with Crippen molar-refractivity contribution in [3.63, 3.8) is 0 Å². The molecule has 0 aliphatic heterocycles. The third-order valence-electron chi connectivity index (χ3n) is 2.40. The molecule has 1 aromatic carbocycles. The fourth-order valence-corrected chi connectivity index (χ4v) is 2.65. The van der Waals surface area contributed by atoms with Crippen molar-refractivity contribution < 1.29 is 4.74 Å². The molecule has 1 aromatic heterocycles. The number of methoxy groups -OCH3 is 1. The summed E-state index contributed by atoms with van der Waals surface area (Å²) in [5.74, 6) is 1.26. The second-order valence-electron chi connectivity index (χ2n) is 3.74. The molecule has 0 fully saturated rings. The van der Waals surface area contributed by atoms with Crippen molar-refractivity contribution in [2.24, 2.45) is 0 Å². The zero-order chi connectivity index (χ0) is 11.0. The second kappa shape index (κ2) is 3.70. The van der Waals surface area contributed by atoms with Crippen LogP contribution in [0.25, 0.3) is 10.2 Å². The summed E-state index contributed by atoms with van der Waals surface area (Å²) in [4.78, 5) is 4.30. The first-order valence-electron chi connectivity index (χ1n) is 4.86. The lowest BCUT2D eigenvalue weighted by Crippen LogP contribution is -1.90. The fourth-order valence-electron chi connectivity index (χ4n) is 1.64. The Morgan fingerprint density at radius 3 is 2.73 bits per heavy atom. The van der Waals surface area contributed by atoms with Gasteiger partial charge in [-0.25, -0.2) is 4.98 Å². The summed E-state index contributed by atoms with van der Waals surface area (Å²) >= 11 is 1.52. The number of anilines is 1. The van der Waals surface area contributed by atoms with E-state index >= 15 is 0 Å². The summed E-state index contributed by atoms with van der Waals surface area (Å²) in [6.45, 7) is 4.33. The Balaban J connectivity index is 2.76. The number of ether oxygens (including phenoxy) is 1. The van der Waals surface area contributed by atoms with Crippen molar-refractivity contribution in [2.75, 3.05) is 12.8 Å². The molecule has 0 unspecified atom stereocenters. The monoisotopic (exact) mass is 222 g/mol. The topological polar surface area (TPSA) is 48.1 Å². The lowest BCUT2D eigenvalue weighted by Gasteiger charge is -2.08. The number of nitrogens with two attached hydrogens (primary N) is 1. The largest absolute Gasteiger partial charge is 0.494 e. The molecule has 0 saturated carbocycles. The zero-order valence-corrected chi connectivity index (χ0v) is 9.89. The van der Waals surface area contributed by atoms with Crippen molar-refractivity contribution in [1.29, 1.82) is 0 Å². The standard InChI is InChI=1S/C11H14N2OS/c1-6(2)7-4-5-8(14-3)9-10(7)15-11(12)13-9/h4-6H,1-3H3,(H2,12,13). The number of thiazole rings is 1. The van der Waals surface area contributed by atoms with Crippen molar-refractivity contribution >= 4 is 26.7 Å². The van der Waals surface area contributed by atoms with Crippen LogP contribution in [0.5, 0.6) is 5.75 Å². The number of hydrogen-bond acceptors (Lipinski definition) is 4. The third kappa shape index (κ3) is 1.65. The summed E-state index contributed by atoms with van der Waals surface area (Å²) < 4.78 is 6.40. The zero-order valence-electron chi connectivity index (χ0n) is 9.07. The molecule has 0 radical (unpaired) electrons. The van der Waals surface area contributed by atoms with Crippen LogP contribution in [-0.4, -0.2) is 12.1 Å². The summed E-state index contributed by atoms with van der Waals surface area (Å²) in [5, 5.41) is 0.594. The average molecular weight is 222 g/mol. The molecule has 0 atom stereocenters. The number of nitrogens with zero attached hydrogens (tertiary/aromatic N) is 1. The maximum absolute atomic E-state index is 5.74. The first-order valence-corrected chi connectivity index (χ1v) is 5.68. The summed E-state index contributed by atoms with van der Waals surface area (Å²) in [6, 6.07) is 4.04. The molecular formula is C11H14N2OS. The molecule has 2 aromatic rings. The smallest absolute Gasteiger partial charge is 0.181 e. The third-order valence-corrected chi connectivity index (χ3v) is 3.33. The first kappa shape index (κ1) is 10.2. The minimum Gasteiger partial charge on any atom is -0.494 e. The number of fused-ring (bicyclic) bond motifs is 1. The lowest BCUT2D eigenvalue weighted by atomic mass is 10.0. The van der Waals surface area contributed by atoms with Crippen molar-refractivity contribution in [3.8, 4) is 5.75 Å². The van der Waals surface area contributed by atoms with E-state index in [9.17, 15) is 0 Å². The molecule has 4 heteroatoms. The van der Waals surface area contributed by atoms with Crippen LogP contribution >= 0.6 is 11.3 Å². The number of rotatable bonds is 2. The van der Waals surface area contributed by atoms with Gasteiger partial charge in [0.15, 0.2) is 5.13 Å². The Morgan fingerprint density at radius 2 is 2.13 bits per heavy atom. The maximum atomic E-state index is 5.74. The van der Waals surface area contributed by atoms with E-state index in [4.69, 9.17) is 10.5 Å². The molecule has 0 amide bonds. The molecule has 2 N–H and O–H groups in total. The van der Waals surface area contributed by atoms with E-state index in [1.165, 1.54) is 16.9 Å². The highest BCUT2D eigenvalue weighted by Gasteiger charge is 2.13. The predicted molar refractivity (Wildman–Crippen MR) is 64.7 cm³/mol. The number of aromatic nitrogens is 1. The van der Waals surface area contributed by atoms with Gasteiger partial charge in [-0.1, -0.05) is 31.3 Å². The summed E-state index contributed by atoms with van der Waals surface area (Å²) in [6.07, 6.45) is 0. The highest BCUT2D eigenvalue weighted by molar-refractivity contribution is 7.22. The van der Waals surface area contributed by atoms with Crippen molar-refractivity contribution in [3.05, 3.63) is 17.7 Å². The van der Waals surface area contributed by atoms with E-state index in [2.05, 4.69) is 24.9 Å². The minimum absolute atomic E-state index is 0.471. The van der Waals surface area contributed by atoms with E-state index < -0.39 is 0 Å². The van der Waals surface area contributed by atoms with Gasteiger partial charge in [0.1, 0.15) is 11.3 Å². The van der Waals surface area contributed by atoms with Crippen LogP contribution in [0.2, 0.25) is 0 Å². The van der Waals surface area contributed by atoms with Crippen LogP contribution in [0.1, 0.15) is 25.3 Å². The van der Waals surface area contributed by atoms with Crippen molar-refractivity contribution in [1.82, 2.24) is 4.98 Å². The molecule has 0 aliphatic rings. The van der Waals surface area contributed by atoms with Gasteiger partial charge in [-0.05, 0) is 17.5 Å². The maximum Gasteiger partial charge on any atom is 0.181 e. The summed E-state index contributed by atoms with van der Waals surface area (Å²) in [5.41, 5.74) is 7.89. The van der Waals surface area contributed by atoms with Gasteiger partial charge in [-0.3, -0.25) is 0 Å². The van der Waals surface area contributed by atoms with E-state index in [0.29, 0.717) is 11.0 Å². The second-order valence-corrected chi connectivity index (χ2v) is 4.77. The van der Waals surface area contributed by atoms with Gasteiger partial charge >= 0.3 is 0 Å². The molecule has 80 valence electrons. The van der Waals surface area contributed by atoms with Gasteiger partial charge < -0.3 is 10.5 Å². The highest BCUT2D eigenvalue weighted by atomic mass is 32.1. The normalized spacial score (nSPS) is 11.2. The Morgan fingerprint density at radius 1 is 1.40 bits per heavy atom. The van der Waals surface area contributed by atoms with Crippen LogP contribution in [0.15, 0.2) is 12.1 Å². The quantitative estimate of drug-likeness (QED) is 0.849. The van der Waals surface area contributed by atoms with Crippen LogP contribution < -0.4 is 10.5 Å². The molecule has 0 aliphatic carbocycles. The minimum atomic E-state index is 0.471. The number of nitrogen functional groups attached to an aromatic ring is 1. The summed E-state index contributed by atoms with van der Waals surface area (Å²) in [7, 11) is 1.65. The van der Waals surface area contributed by atoms with Gasteiger partial charge in [-0.15, -0.1) is 0 Å². The lowest BCUT2D eigenvalue weighted by molar-refractivity contribution is 0.419. The molecule has 0 bridgehead atoms. The average Bonchev–Trinajstić information content (AvgIpc) is 2.56. The van der Waals surface area contributed by atoms with Gasteiger partial charge in [0.25, 0.3) is 0 Å². The Hall–Kier alpha value is -1.29. The van der Waals surface area contributed by atoms with E-state index in [1.54, 1.807) is 7.11 Å². The van der Waals surface area contributed by atoms with Crippen LogP contribution in [-0.2, 0) is 0 Å². The Kier molecular flexibility index (Phi) is 2.52. The van der Waals surface area contributed by atoms with Crippen molar-refractivity contribution in [2.45, 2.75) is 19.8 Å². The van der Waals surface area contributed by atoms with Gasteiger partial charge in [0.2, 0.25) is 0 Å². The van der Waals surface area contributed by atoms with Crippen LogP contribution in [0.4, 0.5) is 5.13 Å². The van der Waals surface area contributed by atoms with Crippen LogP contribution in [0, 0.1) is 0 Å². The molecule has 3 nitrogen and oxygen atoms in total. The van der Waals surface area contributed by atoms with E-state index in [0.717, 1.165) is 16.0 Å². The van der Waals surface area contributed by atoms with E-state index in [1.807, 2.05) is 6.07 Å². The highest BCUT2D eigenvalue weighted by Crippen LogP contribution is 2.36. The van der Waals surface area contributed by atoms with Gasteiger partial charge in [-0.2, -0.15) is 0 Å². The fraction of sp³-hybridized carbons (Fsp3) is 0.364. The Labute approximate surface area is 92.9 Å². The molecule has 15 heavy (non-hydrogen) atoms. The molecule has 0 saturated heterocycles. The number of hydrogen-bond donors (Lipinski definition) is 1. The first-order chi connectivity index (χ1) is 7.13. The Bertz CT molecular complexity index is 491. The molecule has 1 heterocycles. The van der Waals surface area contributed by atoms with Gasteiger partial charge in [0, 0.05) is 0 Å². The molecule has 2 rings (SSSR count). The predicted octanol–water partition coefficient (Wildman–Crippen LogP) is 3.01. The van der Waals surface area contributed by atoms with Gasteiger partial charge in [0.05, 0.1) is 11.8 Å².